The molecule has 0 fully saturated rings. The number of hydrogen-bond acceptors (Lipinski definition) is 2. The molecule has 0 aliphatic heterocycles. The van der Waals surface area contributed by atoms with Crippen LogP contribution in [0.2, 0.25) is 0 Å². The first-order chi connectivity index (χ1) is 7.01. The largest absolute Gasteiger partial charge is 0.456 e. The second kappa shape index (κ2) is 8.34. The van der Waals surface area contributed by atoms with Gasteiger partial charge < -0.3 is 16.6 Å². The lowest BCUT2D eigenvalue weighted by molar-refractivity contribution is -0.923. The zero-order valence-corrected chi connectivity index (χ0v) is 11.5. The Morgan fingerprint density at radius 3 is 1.94 bits per heavy atom. The van der Waals surface area contributed by atoms with Crippen molar-refractivity contribution in [3.63, 3.8) is 0 Å². The van der Waals surface area contributed by atoms with Crippen molar-refractivity contribution < 1.29 is 14.0 Å². The number of likely N-dealkylation sites (N-methyl/N-ethyl adjacent to an activating group) is 1. The third-order valence-electron chi connectivity index (χ3n) is 3.16. The SMILES string of the molecule is C=C(C)C(=O)OCC[N+](CC)(CC)CC.[CH3-]. The molecule has 0 atom stereocenters. The van der Waals surface area contributed by atoms with E-state index in [-0.39, 0.29) is 13.4 Å². The Morgan fingerprint density at radius 2 is 1.62 bits per heavy atom. The van der Waals surface area contributed by atoms with Gasteiger partial charge in [0, 0.05) is 5.57 Å². The van der Waals surface area contributed by atoms with E-state index in [0.717, 1.165) is 30.7 Å². The Balaban J connectivity index is 0. The maximum absolute atomic E-state index is 11.2. The molecule has 0 aliphatic rings. The first kappa shape index (κ1) is 17.6. The Bertz CT molecular complexity index is 212. The minimum atomic E-state index is -0.281. The number of rotatable bonds is 7. The van der Waals surface area contributed by atoms with E-state index in [9.17, 15) is 4.79 Å². The summed E-state index contributed by atoms with van der Waals surface area (Å²) >= 11 is 0. The van der Waals surface area contributed by atoms with Gasteiger partial charge in [-0.2, -0.15) is 0 Å². The van der Waals surface area contributed by atoms with Crippen molar-refractivity contribution >= 4 is 5.97 Å². The normalized spacial score (nSPS) is 10.5. The van der Waals surface area contributed by atoms with Crippen molar-refractivity contribution in [3.8, 4) is 0 Å². The summed E-state index contributed by atoms with van der Waals surface area (Å²) < 4.78 is 6.11. The van der Waals surface area contributed by atoms with Gasteiger partial charge in [-0.15, -0.1) is 0 Å². The molecule has 0 bridgehead atoms. The number of ether oxygens (including phenoxy) is 1. The molecule has 0 unspecified atom stereocenters. The van der Waals surface area contributed by atoms with Crippen LogP contribution in [-0.4, -0.2) is 43.2 Å². The molecular formula is C13H27NO2. The number of esters is 1. The molecule has 16 heavy (non-hydrogen) atoms. The molecule has 3 heteroatoms. The van der Waals surface area contributed by atoms with E-state index >= 15 is 0 Å². The van der Waals surface area contributed by atoms with E-state index in [0.29, 0.717) is 12.2 Å². The maximum Gasteiger partial charge on any atom is 0.333 e. The van der Waals surface area contributed by atoms with Gasteiger partial charge in [0.25, 0.3) is 0 Å². The number of carbonyl (C=O) groups excluding carboxylic acids is 1. The second-order valence-electron chi connectivity index (χ2n) is 3.93. The predicted octanol–water partition coefficient (Wildman–Crippen LogP) is 2.43. The Kier molecular flexibility index (Phi) is 9.15. The van der Waals surface area contributed by atoms with E-state index in [4.69, 9.17) is 4.74 Å². The number of carbonyl (C=O) groups is 1. The van der Waals surface area contributed by atoms with E-state index < -0.39 is 0 Å². The van der Waals surface area contributed by atoms with Gasteiger partial charge in [-0.1, -0.05) is 6.58 Å². The average molecular weight is 229 g/mol. The van der Waals surface area contributed by atoms with Crippen LogP contribution in [0, 0.1) is 7.43 Å². The lowest BCUT2D eigenvalue weighted by Gasteiger charge is -2.35. The molecule has 0 radical (unpaired) electrons. The van der Waals surface area contributed by atoms with Crippen molar-refractivity contribution in [3.05, 3.63) is 19.6 Å². The maximum atomic E-state index is 11.2. The third-order valence-corrected chi connectivity index (χ3v) is 3.16. The smallest absolute Gasteiger partial charge is 0.333 e. The number of hydrogen-bond donors (Lipinski definition) is 0. The Labute approximate surface area is 101 Å². The summed E-state index contributed by atoms with van der Waals surface area (Å²) in [5.74, 6) is -0.281. The van der Waals surface area contributed by atoms with Gasteiger partial charge in [0.05, 0.1) is 19.6 Å². The third kappa shape index (κ3) is 5.31. The van der Waals surface area contributed by atoms with Gasteiger partial charge in [-0.05, 0) is 27.7 Å². The highest BCUT2D eigenvalue weighted by Gasteiger charge is 2.20. The van der Waals surface area contributed by atoms with Gasteiger partial charge >= 0.3 is 5.97 Å². The summed E-state index contributed by atoms with van der Waals surface area (Å²) in [6.45, 7) is 16.4. The fourth-order valence-electron chi connectivity index (χ4n) is 1.60. The van der Waals surface area contributed by atoms with Crippen LogP contribution >= 0.6 is 0 Å². The molecule has 96 valence electrons. The average Bonchev–Trinajstić information content (AvgIpc) is 2.24. The van der Waals surface area contributed by atoms with Gasteiger partial charge in [-0.3, -0.25) is 0 Å². The van der Waals surface area contributed by atoms with Crippen molar-refractivity contribution in [2.45, 2.75) is 27.7 Å². The summed E-state index contributed by atoms with van der Waals surface area (Å²) in [6.07, 6.45) is 0. The molecule has 3 nitrogen and oxygen atoms in total. The molecule has 0 amide bonds. The van der Waals surface area contributed by atoms with E-state index in [1.807, 2.05) is 0 Å². The van der Waals surface area contributed by atoms with Crippen molar-refractivity contribution in [1.82, 2.24) is 0 Å². The van der Waals surface area contributed by atoms with Crippen molar-refractivity contribution in [1.29, 1.82) is 0 Å². The highest BCUT2D eigenvalue weighted by Crippen LogP contribution is 2.05. The highest BCUT2D eigenvalue weighted by atomic mass is 16.5. The number of quaternary nitrogens is 1. The lowest BCUT2D eigenvalue weighted by atomic mass is 10.3. The molecule has 0 aromatic heterocycles. The predicted molar refractivity (Wildman–Crippen MR) is 68.9 cm³/mol. The van der Waals surface area contributed by atoms with E-state index in [2.05, 4.69) is 27.4 Å². The van der Waals surface area contributed by atoms with Gasteiger partial charge in [0.2, 0.25) is 0 Å². The summed E-state index contributed by atoms with van der Waals surface area (Å²) in [4.78, 5) is 11.2. The summed E-state index contributed by atoms with van der Waals surface area (Å²) in [5, 5.41) is 0. The minimum absolute atomic E-state index is 0. The lowest BCUT2D eigenvalue weighted by Crippen LogP contribution is -2.49. The molecule has 0 aromatic carbocycles. The molecule has 0 heterocycles. The van der Waals surface area contributed by atoms with Crippen LogP contribution < -0.4 is 0 Å². The fraction of sp³-hybridized carbons (Fsp3) is 0.692. The molecule has 0 saturated heterocycles. The summed E-state index contributed by atoms with van der Waals surface area (Å²) in [7, 11) is 0. The topological polar surface area (TPSA) is 26.3 Å². The van der Waals surface area contributed by atoms with Crippen molar-refractivity contribution in [2.75, 3.05) is 32.8 Å². The van der Waals surface area contributed by atoms with Crippen LogP contribution in [0.3, 0.4) is 0 Å². The Morgan fingerprint density at radius 1 is 1.19 bits per heavy atom. The van der Waals surface area contributed by atoms with Gasteiger partial charge in [-0.25, -0.2) is 4.79 Å². The standard InChI is InChI=1S/C12H24NO2.CH3/c1-6-13(7-2,8-3)9-10-15-12(14)11(4)5;/h4,6-10H2,1-3,5H3;1H3/q+1;-1. The fourth-order valence-corrected chi connectivity index (χ4v) is 1.60. The van der Waals surface area contributed by atoms with Gasteiger partial charge in [0.15, 0.2) is 0 Å². The Hall–Kier alpha value is -0.830. The first-order valence-electron chi connectivity index (χ1n) is 5.69. The monoisotopic (exact) mass is 229 g/mol. The summed E-state index contributed by atoms with van der Waals surface area (Å²) in [5.41, 5.74) is 0.470. The van der Waals surface area contributed by atoms with Crippen LogP contribution in [0.25, 0.3) is 0 Å². The van der Waals surface area contributed by atoms with E-state index in [1.54, 1.807) is 6.92 Å². The molecular weight excluding hydrogens is 202 g/mol. The molecule has 0 rings (SSSR count). The quantitative estimate of drug-likeness (QED) is 0.290. The van der Waals surface area contributed by atoms with Gasteiger partial charge in [0.1, 0.15) is 13.2 Å². The van der Waals surface area contributed by atoms with Crippen LogP contribution in [0.5, 0.6) is 0 Å². The minimum Gasteiger partial charge on any atom is -0.456 e. The molecule has 0 spiro atoms. The molecule has 0 N–H and O–H groups in total. The van der Waals surface area contributed by atoms with Crippen LogP contribution in [0.15, 0.2) is 12.2 Å². The molecule has 0 aliphatic carbocycles. The van der Waals surface area contributed by atoms with Crippen LogP contribution in [-0.2, 0) is 9.53 Å². The number of nitrogens with zero attached hydrogens (tertiary/aromatic N) is 1. The molecule has 0 aromatic rings. The summed E-state index contributed by atoms with van der Waals surface area (Å²) in [6, 6.07) is 0. The second-order valence-corrected chi connectivity index (χ2v) is 3.93. The molecule has 0 saturated carbocycles. The zero-order chi connectivity index (χ0) is 11.9. The van der Waals surface area contributed by atoms with Crippen LogP contribution in [0.1, 0.15) is 27.7 Å². The first-order valence-corrected chi connectivity index (χ1v) is 5.69. The van der Waals surface area contributed by atoms with E-state index in [1.165, 1.54) is 0 Å². The zero-order valence-electron chi connectivity index (χ0n) is 11.5. The van der Waals surface area contributed by atoms with Crippen LogP contribution in [0.4, 0.5) is 0 Å². The highest BCUT2D eigenvalue weighted by molar-refractivity contribution is 5.86. The van der Waals surface area contributed by atoms with Crippen molar-refractivity contribution in [2.24, 2.45) is 0 Å².